The lowest BCUT2D eigenvalue weighted by Gasteiger charge is -2.18. The maximum atomic E-state index is 12.9. The Kier molecular flexibility index (Phi) is 3.73. The van der Waals surface area contributed by atoms with Crippen molar-refractivity contribution in [1.82, 2.24) is 14.1 Å². The van der Waals surface area contributed by atoms with Gasteiger partial charge in [0.05, 0.1) is 11.8 Å². The van der Waals surface area contributed by atoms with Gasteiger partial charge in [-0.2, -0.15) is 9.40 Å². The van der Waals surface area contributed by atoms with Crippen LogP contribution >= 0.6 is 0 Å². The number of hydrogen-bond acceptors (Lipinski definition) is 4. The van der Waals surface area contributed by atoms with Gasteiger partial charge in [0.2, 0.25) is 0 Å². The smallest absolute Gasteiger partial charge is 0.336 e. The molecule has 0 radical (unpaired) electrons. The van der Waals surface area contributed by atoms with Crippen LogP contribution in [0.1, 0.15) is 41.4 Å². The fraction of sp³-hybridized carbons (Fsp3) is 0.333. The van der Waals surface area contributed by atoms with Crippen molar-refractivity contribution in [2.75, 3.05) is 0 Å². The van der Waals surface area contributed by atoms with E-state index in [4.69, 9.17) is 0 Å². The zero-order chi connectivity index (χ0) is 16.8. The quantitative estimate of drug-likeness (QED) is 0.921. The van der Waals surface area contributed by atoms with E-state index in [0.29, 0.717) is 5.56 Å². The van der Waals surface area contributed by atoms with Crippen LogP contribution < -0.4 is 0 Å². The Bertz CT molecular complexity index is 871. The van der Waals surface area contributed by atoms with Crippen LogP contribution in [0.3, 0.4) is 0 Å². The van der Waals surface area contributed by atoms with E-state index in [2.05, 4.69) is 5.10 Å². The molecule has 1 aliphatic rings. The minimum absolute atomic E-state index is 0.0589. The van der Waals surface area contributed by atoms with Crippen molar-refractivity contribution >= 4 is 16.0 Å². The molecule has 8 heteroatoms. The maximum Gasteiger partial charge on any atom is 0.336 e. The van der Waals surface area contributed by atoms with E-state index in [1.165, 1.54) is 27.3 Å². The average molecular weight is 335 g/mol. The molecule has 2 aromatic rings. The second kappa shape index (κ2) is 5.47. The first-order chi connectivity index (χ1) is 10.8. The van der Waals surface area contributed by atoms with Crippen molar-refractivity contribution < 1.29 is 18.3 Å². The number of aromatic carboxylic acids is 1. The fourth-order valence-electron chi connectivity index (χ4n) is 2.79. The number of rotatable bonds is 4. The number of nitrogens with zero attached hydrogens (tertiary/aromatic N) is 3. The van der Waals surface area contributed by atoms with Crippen LogP contribution in [0, 0.1) is 0 Å². The van der Waals surface area contributed by atoms with Gasteiger partial charge in [-0.1, -0.05) is 12.1 Å². The highest BCUT2D eigenvalue weighted by Gasteiger charge is 2.35. The van der Waals surface area contributed by atoms with Crippen LogP contribution in [-0.2, 0) is 23.1 Å². The molecule has 122 valence electrons. The second-order valence-corrected chi connectivity index (χ2v) is 7.61. The molecule has 7 nitrogen and oxygen atoms in total. The number of sulfonamides is 1. The number of aromatic nitrogens is 2. The summed E-state index contributed by atoms with van der Waals surface area (Å²) in [5, 5.41) is 13.4. The maximum absolute atomic E-state index is 12.9. The van der Waals surface area contributed by atoms with E-state index in [0.717, 1.165) is 5.56 Å². The highest BCUT2D eigenvalue weighted by atomic mass is 32.2. The summed E-state index contributed by atoms with van der Waals surface area (Å²) >= 11 is 0. The van der Waals surface area contributed by atoms with Crippen molar-refractivity contribution in [1.29, 1.82) is 0 Å². The molecule has 0 fully saturated rings. The van der Waals surface area contributed by atoms with E-state index in [1.54, 1.807) is 12.1 Å². The molecule has 0 amide bonds. The van der Waals surface area contributed by atoms with Crippen LogP contribution in [0.15, 0.2) is 35.5 Å². The van der Waals surface area contributed by atoms with Gasteiger partial charge >= 0.3 is 5.97 Å². The predicted octanol–water partition coefficient (Wildman–Crippen LogP) is 1.87. The molecule has 1 N–H and O–H groups in total. The minimum Gasteiger partial charge on any atom is -0.478 e. The molecule has 3 rings (SSSR count). The molecule has 1 aromatic carbocycles. The molecule has 0 unspecified atom stereocenters. The lowest BCUT2D eigenvalue weighted by atomic mass is 10.0. The van der Waals surface area contributed by atoms with Crippen LogP contribution in [0.2, 0.25) is 0 Å². The molecule has 0 aliphatic carbocycles. The number of carboxylic acid groups (broad SMARTS) is 1. The van der Waals surface area contributed by atoms with Crippen molar-refractivity contribution in [2.24, 2.45) is 0 Å². The van der Waals surface area contributed by atoms with Crippen molar-refractivity contribution in [2.45, 2.75) is 38.0 Å². The van der Waals surface area contributed by atoms with E-state index in [1.807, 2.05) is 13.8 Å². The highest BCUT2D eigenvalue weighted by molar-refractivity contribution is 7.89. The van der Waals surface area contributed by atoms with Crippen LogP contribution in [0.4, 0.5) is 0 Å². The number of carbonyl (C=O) groups is 1. The van der Waals surface area contributed by atoms with Crippen LogP contribution in [-0.4, -0.2) is 33.6 Å². The fourth-order valence-corrected chi connectivity index (χ4v) is 4.39. The van der Waals surface area contributed by atoms with Crippen LogP contribution in [0.5, 0.6) is 0 Å². The standard InChI is InChI=1S/C15H17N3O4S/c1-10(2)18-14(6-7-16-18)23(21,22)17-8-11-4-3-5-12(15(19)20)13(11)9-17/h3-7,10H,8-9H2,1-2H3,(H,19,20). The number of carboxylic acids is 1. The lowest BCUT2D eigenvalue weighted by Crippen LogP contribution is -2.28. The van der Waals surface area contributed by atoms with E-state index >= 15 is 0 Å². The van der Waals surface area contributed by atoms with Gasteiger partial charge in [0.1, 0.15) is 0 Å². The number of fused-ring (bicyclic) bond motifs is 1. The Morgan fingerprint density at radius 1 is 1.26 bits per heavy atom. The molecule has 0 atom stereocenters. The molecule has 0 saturated carbocycles. The SMILES string of the molecule is CC(C)n1nccc1S(=O)(=O)N1Cc2cccc(C(=O)O)c2C1. The van der Waals surface area contributed by atoms with E-state index < -0.39 is 16.0 Å². The Labute approximate surface area is 134 Å². The first-order valence-corrected chi connectivity index (χ1v) is 8.64. The first kappa shape index (κ1) is 15.7. The summed E-state index contributed by atoms with van der Waals surface area (Å²) in [5.74, 6) is -1.05. The van der Waals surface area contributed by atoms with Gasteiger partial charge < -0.3 is 5.11 Å². The topological polar surface area (TPSA) is 92.5 Å². The molecule has 2 heterocycles. The molecule has 0 saturated heterocycles. The van der Waals surface area contributed by atoms with Gasteiger partial charge in [0.15, 0.2) is 5.03 Å². The molecule has 0 bridgehead atoms. The van der Waals surface area contributed by atoms with Gasteiger partial charge in [-0.3, -0.25) is 4.68 Å². The third-order valence-corrected chi connectivity index (χ3v) is 5.70. The molecule has 0 spiro atoms. The summed E-state index contributed by atoms with van der Waals surface area (Å²) in [5.41, 5.74) is 1.43. The van der Waals surface area contributed by atoms with Gasteiger partial charge in [-0.15, -0.1) is 0 Å². The Balaban J connectivity index is 2.00. The minimum atomic E-state index is -3.74. The summed E-state index contributed by atoms with van der Waals surface area (Å²) < 4.78 is 28.5. The summed E-state index contributed by atoms with van der Waals surface area (Å²) in [6, 6.07) is 6.27. The zero-order valence-electron chi connectivity index (χ0n) is 12.8. The highest BCUT2D eigenvalue weighted by Crippen LogP contribution is 2.31. The monoisotopic (exact) mass is 335 g/mol. The third-order valence-electron chi connectivity index (χ3n) is 3.91. The molecule has 1 aromatic heterocycles. The molecular weight excluding hydrogens is 318 g/mol. The predicted molar refractivity (Wildman–Crippen MR) is 82.4 cm³/mol. The van der Waals surface area contributed by atoms with Gasteiger partial charge in [-0.05, 0) is 37.1 Å². The number of benzene rings is 1. The largest absolute Gasteiger partial charge is 0.478 e. The van der Waals surface area contributed by atoms with E-state index in [9.17, 15) is 18.3 Å². The molecule has 23 heavy (non-hydrogen) atoms. The summed E-state index contributed by atoms with van der Waals surface area (Å²) in [7, 11) is -3.74. The third kappa shape index (κ3) is 2.53. The number of hydrogen-bond donors (Lipinski definition) is 1. The first-order valence-electron chi connectivity index (χ1n) is 7.20. The Hall–Kier alpha value is -2.19. The average Bonchev–Trinajstić information content (AvgIpc) is 3.13. The molecule has 1 aliphatic heterocycles. The van der Waals surface area contributed by atoms with E-state index in [-0.39, 0.29) is 29.7 Å². The summed E-state index contributed by atoms with van der Waals surface area (Å²) in [6.45, 7) is 3.94. The van der Waals surface area contributed by atoms with Gasteiger partial charge in [-0.25, -0.2) is 13.2 Å². The second-order valence-electron chi connectivity index (χ2n) is 5.73. The molecular formula is C15H17N3O4S. The lowest BCUT2D eigenvalue weighted by molar-refractivity contribution is 0.0695. The van der Waals surface area contributed by atoms with Crippen molar-refractivity contribution in [3.05, 3.63) is 47.2 Å². The van der Waals surface area contributed by atoms with Gasteiger partial charge in [0, 0.05) is 19.1 Å². The summed E-state index contributed by atoms with van der Waals surface area (Å²) in [4.78, 5) is 11.3. The zero-order valence-corrected chi connectivity index (χ0v) is 13.6. The van der Waals surface area contributed by atoms with Gasteiger partial charge in [0.25, 0.3) is 10.0 Å². The Morgan fingerprint density at radius 3 is 2.65 bits per heavy atom. The van der Waals surface area contributed by atoms with Crippen molar-refractivity contribution in [3.8, 4) is 0 Å². The Morgan fingerprint density at radius 2 is 2.00 bits per heavy atom. The van der Waals surface area contributed by atoms with Crippen LogP contribution in [0.25, 0.3) is 0 Å². The normalized spacial score (nSPS) is 15.1. The summed E-state index contributed by atoms with van der Waals surface area (Å²) in [6.07, 6.45) is 1.46. The van der Waals surface area contributed by atoms with Crippen molar-refractivity contribution in [3.63, 3.8) is 0 Å².